The van der Waals surface area contributed by atoms with Gasteiger partial charge >= 0.3 is 6.03 Å². The number of hydrogen-bond acceptors (Lipinski definition) is 6. The second-order valence-electron chi connectivity index (χ2n) is 10.6. The first-order chi connectivity index (χ1) is 19.1. The highest BCUT2D eigenvalue weighted by molar-refractivity contribution is 5.99. The van der Waals surface area contributed by atoms with Crippen molar-refractivity contribution in [3.05, 3.63) is 90.4 Å². The normalized spacial score (nSPS) is 11.2. The van der Waals surface area contributed by atoms with E-state index in [0.29, 0.717) is 40.8 Å². The Hall–Kier alpha value is -4.70. The molecule has 3 amide bonds. The minimum Gasteiger partial charge on any atom is -0.456 e. The zero-order chi connectivity index (χ0) is 28.7. The van der Waals surface area contributed by atoms with Gasteiger partial charge in [0.05, 0.1) is 17.6 Å². The average molecular weight is 542 g/mol. The number of rotatable bonds is 9. The third-order valence-electron chi connectivity index (χ3n) is 5.92. The first kappa shape index (κ1) is 28.3. The van der Waals surface area contributed by atoms with Gasteiger partial charge in [-0.25, -0.2) is 9.48 Å². The SMILES string of the molecule is CN(C)CCNC(=O)c1ccc(-n2nc(C(C)(C)C)cc2NC(=O)Nc2ccc(Oc3cccnc3)cc2)cc1. The van der Waals surface area contributed by atoms with Crippen LogP contribution in [-0.4, -0.2) is 58.8 Å². The number of ether oxygens (including phenoxy) is 1. The maximum absolute atomic E-state index is 12.9. The van der Waals surface area contributed by atoms with E-state index in [2.05, 4.69) is 41.7 Å². The monoisotopic (exact) mass is 541 g/mol. The quantitative estimate of drug-likeness (QED) is 0.265. The Morgan fingerprint density at radius 2 is 1.68 bits per heavy atom. The summed E-state index contributed by atoms with van der Waals surface area (Å²) >= 11 is 0. The molecule has 208 valence electrons. The number of carbonyl (C=O) groups excluding carboxylic acids is 2. The number of amides is 3. The summed E-state index contributed by atoms with van der Waals surface area (Å²) in [6, 6.07) is 19.2. The lowest BCUT2D eigenvalue weighted by atomic mass is 9.92. The molecule has 10 heteroatoms. The largest absolute Gasteiger partial charge is 0.456 e. The summed E-state index contributed by atoms with van der Waals surface area (Å²) in [4.78, 5) is 31.5. The predicted octanol–water partition coefficient (Wildman–Crippen LogP) is 5.29. The number of likely N-dealkylation sites (N-methyl/N-ethyl adjacent to an activating group) is 1. The summed E-state index contributed by atoms with van der Waals surface area (Å²) < 4.78 is 7.42. The lowest BCUT2D eigenvalue weighted by molar-refractivity contribution is 0.0951. The van der Waals surface area contributed by atoms with Crippen molar-refractivity contribution in [2.24, 2.45) is 0 Å². The molecule has 0 radical (unpaired) electrons. The van der Waals surface area contributed by atoms with Crippen LogP contribution >= 0.6 is 0 Å². The Balaban J connectivity index is 1.46. The predicted molar refractivity (Wildman–Crippen MR) is 157 cm³/mol. The van der Waals surface area contributed by atoms with Crippen molar-refractivity contribution in [1.29, 1.82) is 0 Å². The Kier molecular flexibility index (Phi) is 8.80. The van der Waals surface area contributed by atoms with Crippen LogP contribution in [0, 0.1) is 0 Å². The summed E-state index contributed by atoms with van der Waals surface area (Å²) in [6.45, 7) is 7.48. The van der Waals surface area contributed by atoms with E-state index in [1.54, 1.807) is 59.5 Å². The zero-order valence-corrected chi connectivity index (χ0v) is 23.4. The molecule has 0 aliphatic heterocycles. The van der Waals surface area contributed by atoms with E-state index >= 15 is 0 Å². The summed E-state index contributed by atoms with van der Waals surface area (Å²) in [5, 5.41) is 13.4. The van der Waals surface area contributed by atoms with E-state index in [1.807, 2.05) is 43.3 Å². The minimum atomic E-state index is -0.417. The van der Waals surface area contributed by atoms with Gasteiger partial charge in [0.25, 0.3) is 5.91 Å². The van der Waals surface area contributed by atoms with Crippen LogP contribution in [0.5, 0.6) is 11.5 Å². The molecule has 0 unspecified atom stereocenters. The highest BCUT2D eigenvalue weighted by Crippen LogP contribution is 2.27. The lowest BCUT2D eigenvalue weighted by Gasteiger charge is -2.14. The summed E-state index contributed by atoms with van der Waals surface area (Å²) in [6.07, 6.45) is 3.31. The molecule has 4 aromatic rings. The highest BCUT2D eigenvalue weighted by atomic mass is 16.5. The number of nitrogens with zero attached hydrogens (tertiary/aromatic N) is 4. The van der Waals surface area contributed by atoms with Gasteiger partial charge in [-0.05, 0) is 74.8 Å². The molecule has 0 aliphatic carbocycles. The molecule has 2 aromatic heterocycles. The van der Waals surface area contributed by atoms with Gasteiger partial charge in [0.2, 0.25) is 0 Å². The minimum absolute atomic E-state index is 0.140. The molecule has 0 saturated carbocycles. The first-order valence-corrected chi connectivity index (χ1v) is 13.0. The molecule has 40 heavy (non-hydrogen) atoms. The van der Waals surface area contributed by atoms with Crippen LogP contribution in [0.3, 0.4) is 0 Å². The van der Waals surface area contributed by atoms with Gasteiger partial charge in [-0.15, -0.1) is 0 Å². The molecule has 0 fully saturated rings. The Bertz CT molecular complexity index is 1430. The maximum atomic E-state index is 12.9. The fraction of sp³-hybridized carbons (Fsp3) is 0.267. The third-order valence-corrected chi connectivity index (χ3v) is 5.92. The summed E-state index contributed by atoms with van der Waals surface area (Å²) in [5.41, 5.74) is 2.43. The summed E-state index contributed by atoms with van der Waals surface area (Å²) in [7, 11) is 3.91. The zero-order valence-electron chi connectivity index (χ0n) is 23.4. The van der Waals surface area contributed by atoms with Crippen LogP contribution in [-0.2, 0) is 5.41 Å². The van der Waals surface area contributed by atoms with Crippen LogP contribution in [0.25, 0.3) is 5.69 Å². The van der Waals surface area contributed by atoms with Gasteiger partial charge in [0, 0.05) is 42.0 Å². The van der Waals surface area contributed by atoms with Gasteiger partial charge in [0.1, 0.15) is 17.3 Å². The van der Waals surface area contributed by atoms with Crippen molar-refractivity contribution >= 4 is 23.4 Å². The van der Waals surface area contributed by atoms with Gasteiger partial charge in [-0.1, -0.05) is 20.8 Å². The van der Waals surface area contributed by atoms with Crippen LogP contribution in [0.4, 0.5) is 16.3 Å². The smallest absolute Gasteiger partial charge is 0.324 e. The van der Waals surface area contributed by atoms with E-state index in [1.165, 1.54) is 0 Å². The van der Waals surface area contributed by atoms with Crippen LogP contribution in [0.2, 0.25) is 0 Å². The third kappa shape index (κ3) is 7.67. The standard InChI is InChI=1S/C30H35N7O3/c1-30(2,3)26-19-27(37(35-26)23-12-8-21(9-13-23)28(38)32-17-18-36(4)5)34-29(39)33-22-10-14-24(15-11-22)40-25-7-6-16-31-20-25/h6-16,19-20H,17-18H2,1-5H3,(H,32,38)(H2,33,34,39). The lowest BCUT2D eigenvalue weighted by Crippen LogP contribution is -2.31. The molecule has 10 nitrogen and oxygen atoms in total. The number of urea groups is 1. The molecule has 0 atom stereocenters. The van der Waals surface area contributed by atoms with E-state index in [4.69, 9.17) is 9.84 Å². The van der Waals surface area contributed by atoms with E-state index < -0.39 is 6.03 Å². The number of carbonyl (C=O) groups is 2. The molecule has 2 aromatic carbocycles. The average Bonchev–Trinajstić information content (AvgIpc) is 3.34. The molecule has 0 aliphatic rings. The highest BCUT2D eigenvalue weighted by Gasteiger charge is 2.22. The van der Waals surface area contributed by atoms with Gasteiger partial charge < -0.3 is 20.3 Å². The maximum Gasteiger partial charge on any atom is 0.324 e. The molecule has 2 heterocycles. The van der Waals surface area contributed by atoms with E-state index in [0.717, 1.165) is 12.2 Å². The van der Waals surface area contributed by atoms with Crippen molar-refractivity contribution in [3.63, 3.8) is 0 Å². The van der Waals surface area contributed by atoms with Crippen molar-refractivity contribution < 1.29 is 14.3 Å². The Labute approximate surface area is 234 Å². The number of aromatic nitrogens is 3. The number of benzene rings is 2. The molecular formula is C30H35N7O3. The molecule has 0 saturated heterocycles. The molecular weight excluding hydrogens is 506 g/mol. The van der Waals surface area contributed by atoms with Crippen LogP contribution in [0.15, 0.2) is 79.1 Å². The van der Waals surface area contributed by atoms with Crippen molar-refractivity contribution in [2.45, 2.75) is 26.2 Å². The fourth-order valence-corrected chi connectivity index (χ4v) is 3.71. The molecule has 4 rings (SSSR count). The Morgan fingerprint density at radius 1 is 0.950 bits per heavy atom. The molecule has 0 bridgehead atoms. The summed E-state index contributed by atoms with van der Waals surface area (Å²) in [5.74, 6) is 1.62. The Morgan fingerprint density at radius 3 is 2.30 bits per heavy atom. The number of hydrogen-bond donors (Lipinski definition) is 3. The van der Waals surface area contributed by atoms with Crippen molar-refractivity contribution in [3.8, 4) is 17.2 Å². The molecule has 0 spiro atoms. The second-order valence-corrected chi connectivity index (χ2v) is 10.6. The molecule has 3 N–H and O–H groups in total. The van der Waals surface area contributed by atoms with Crippen molar-refractivity contribution in [1.82, 2.24) is 25.0 Å². The first-order valence-electron chi connectivity index (χ1n) is 13.0. The second kappa shape index (κ2) is 12.4. The number of pyridine rings is 1. The fourth-order valence-electron chi connectivity index (χ4n) is 3.71. The van der Waals surface area contributed by atoms with Crippen LogP contribution < -0.4 is 20.7 Å². The van der Waals surface area contributed by atoms with Gasteiger partial charge in [0.15, 0.2) is 0 Å². The van der Waals surface area contributed by atoms with E-state index in [-0.39, 0.29) is 11.3 Å². The van der Waals surface area contributed by atoms with Crippen LogP contribution in [0.1, 0.15) is 36.8 Å². The van der Waals surface area contributed by atoms with Crippen molar-refractivity contribution in [2.75, 3.05) is 37.8 Å². The van der Waals surface area contributed by atoms with E-state index in [9.17, 15) is 9.59 Å². The number of nitrogens with one attached hydrogen (secondary N) is 3. The van der Waals surface area contributed by atoms with Gasteiger partial charge in [-0.2, -0.15) is 5.10 Å². The topological polar surface area (TPSA) is 113 Å². The van der Waals surface area contributed by atoms with Gasteiger partial charge in [-0.3, -0.25) is 15.1 Å². The number of anilines is 2.